The van der Waals surface area contributed by atoms with Crippen molar-refractivity contribution in [2.75, 3.05) is 18.0 Å². The van der Waals surface area contributed by atoms with Crippen LogP contribution in [0.4, 0.5) is 22.0 Å². The Balaban J connectivity index is 4.29. The van der Waals surface area contributed by atoms with Crippen molar-refractivity contribution in [2.45, 2.75) is 18.5 Å². The molecule has 0 fully saturated rings. The number of likely N-dealkylation sites (N-methyl/N-ethyl adjacent to an activating group) is 1. The molecule has 2 nitrogen and oxygen atoms in total. The van der Waals surface area contributed by atoms with Crippen LogP contribution in [-0.2, 0) is 4.79 Å². The predicted molar refractivity (Wildman–Crippen MR) is 61.3 cm³/mol. The van der Waals surface area contributed by atoms with E-state index in [9.17, 15) is 26.7 Å². The van der Waals surface area contributed by atoms with E-state index < -0.39 is 31.0 Å². The quantitative estimate of drug-likeness (QED) is 0.315. The van der Waals surface area contributed by atoms with Crippen molar-refractivity contribution in [3.63, 3.8) is 0 Å². The van der Waals surface area contributed by atoms with Crippen LogP contribution in [0.25, 0.3) is 0 Å². The van der Waals surface area contributed by atoms with Gasteiger partial charge in [-0.15, -0.1) is 0 Å². The average molecular weight is 371 g/mol. The van der Waals surface area contributed by atoms with Crippen LogP contribution in [0.1, 0.15) is 6.42 Å². The van der Waals surface area contributed by atoms with Crippen molar-refractivity contribution >= 4 is 28.5 Å². The Morgan fingerprint density at radius 3 is 2.24 bits per heavy atom. The molecular formula is C9H11F5INO. The molecule has 0 radical (unpaired) electrons. The number of halogens is 6. The van der Waals surface area contributed by atoms with Crippen molar-refractivity contribution in [2.24, 2.45) is 0 Å². The van der Waals surface area contributed by atoms with Gasteiger partial charge in [0.25, 0.3) is 0 Å². The number of amides is 1. The minimum atomic E-state index is -5.57. The van der Waals surface area contributed by atoms with E-state index >= 15 is 0 Å². The second-order valence-corrected chi connectivity index (χ2v) is 4.15. The van der Waals surface area contributed by atoms with Gasteiger partial charge >= 0.3 is 12.1 Å². The summed E-state index contributed by atoms with van der Waals surface area (Å²) in [6.07, 6.45) is -4.38. The molecular weight excluding hydrogens is 360 g/mol. The number of nitrogens with zero attached hydrogens (tertiary/aromatic N) is 1. The molecule has 0 aliphatic heterocycles. The first-order valence-electron chi connectivity index (χ1n) is 4.54. The number of alkyl halides is 6. The van der Waals surface area contributed by atoms with Crippen molar-refractivity contribution < 1.29 is 26.7 Å². The lowest BCUT2D eigenvalue weighted by Crippen LogP contribution is -2.40. The zero-order valence-electron chi connectivity index (χ0n) is 8.90. The monoisotopic (exact) mass is 371 g/mol. The topological polar surface area (TPSA) is 20.3 Å². The Kier molecular flexibility index (Phi) is 6.35. The van der Waals surface area contributed by atoms with Gasteiger partial charge in [-0.25, -0.2) is 0 Å². The van der Waals surface area contributed by atoms with Crippen LogP contribution in [0.2, 0.25) is 0 Å². The average Bonchev–Trinajstić information content (AvgIpc) is 2.20. The van der Waals surface area contributed by atoms with Crippen molar-refractivity contribution in [1.29, 1.82) is 0 Å². The number of carbonyl (C=O) groups is 1. The second kappa shape index (κ2) is 6.50. The van der Waals surface area contributed by atoms with Crippen LogP contribution in [-0.4, -0.2) is 40.9 Å². The number of hydrogen-bond acceptors (Lipinski definition) is 1. The van der Waals surface area contributed by atoms with E-state index in [1.807, 2.05) is 22.6 Å². The molecule has 0 bridgehead atoms. The normalized spacial score (nSPS) is 13.1. The van der Waals surface area contributed by atoms with E-state index in [1.165, 1.54) is 13.1 Å². The van der Waals surface area contributed by atoms with Crippen LogP contribution in [0.3, 0.4) is 0 Å². The highest BCUT2D eigenvalue weighted by atomic mass is 127. The molecule has 0 unspecified atom stereocenters. The third-order valence-corrected chi connectivity index (χ3v) is 2.41. The van der Waals surface area contributed by atoms with Gasteiger partial charge in [-0.2, -0.15) is 22.0 Å². The first kappa shape index (κ1) is 16.6. The van der Waals surface area contributed by atoms with E-state index in [4.69, 9.17) is 0 Å². The summed E-state index contributed by atoms with van der Waals surface area (Å²) in [6.45, 7) is -0.656. The Labute approximate surface area is 109 Å². The van der Waals surface area contributed by atoms with Crippen molar-refractivity contribution in [1.82, 2.24) is 4.90 Å². The van der Waals surface area contributed by atoms with Gasteiger partial charge in [-0.05, 0) is 6.08 Å². The summed E-state index contributed by atoms with van der Waals surface area (Å²) in [5.74, 6) is -5.37. The fourth-order valence-corrected chi connectivity index (χ4v) is 1.09. The fourth-order valence-electron chi connectivity index (χ4n) is 0.833. The molecule has 0 aliphatic rings. The van der Waals surface area contributed by atoms with Crippen LogP contribution >= 0.6 is 22.6 Å². The summed E-state index contributed by atoms with van der Waals surface area (Å²) in [5, 5.41) is 0. The molecule has 0 aliphatic carbocycles. The molecule has 0 N–H and O–H groups in total. The number of allylic oxidation sites excluding steroid dienone is 1. The smallest absolute Gasteiger partial charge is 0.342 e. The lowest BCUT2D eigenvalue weighted by molar-refractivity contribution is -0.284. The van der Waals surface area contributed by atoms with Gasteiger partial charge in [0.2, 0.25) is 5.91 Å². The SMILES string of the molecule is CN(CCC(F)(F)C(F)(F)F)C(=O)/C=C/CI. The zero-order valence-corrected chi connectivity index (χ0v) is 11.1. The Hall–Kier alpha value is -0.410. The Morgan fingerprint density at radius 2 is 1.82 bits per heavy atom. The maximum absolute atomic E-state index is 12.5. The largest absolute Gasteiger partial charge is 0.453 e. The molecule has 0 spiro atoms. The summed E-state index contributed by atoms with van der Waals surface area (Å²) in [6, 6.07) is 0. The van der Waals surface area contributed by atoms with Crippen molar-refractivity contribution in [3.8, 4) is 0 Å². The fraction of sp³-hybridized carbons (Fsp3) is 0.667. The van der Waals surface area contributed by atoms with Gasteiger partial charge < -0.3 is 4.90 Å². The summed E-state index contributed by atoms with van der Waals surface area (Å²) < 4.78 is 61.1. The molecule has 0 heterocycles. The Bertz CT molecular complexity index is 290. The van der Waals surface area contributed by atoms with Crippen LogP contribution in [0.15, 0.2) is 12.2 Å². The first-order chi connectivity index (χ1) is 7.62. The van der Waals surface area contributed by atoms with Gasteiger partial charge in [0.05, 0.1) is 0 Å². The highest BCUT2D eigenvalue weighted by Crippen LogP contribution is 2.37. The lowest BCUT2D eigenvalue weighted by atomic mass is 10.2. The molecule has 0 rings (SSSR count). The van der Waals surface area contributed by atoms with Crippen LogP contribution in [0, 0.1) is 0 Å². The van der Waals surface area contributed by atoms with E-state index in [0.29, 0.717) is 4.43 Å². The minimum Gasteiger partial charge on any atom is -0.342 e. The molecule has 1 amide bonds. The van der Waals surface area contributed by atoms with Gasteiger partial charge in [-0.1, -0.05) is 28.7 Å². The highest BCUT2D eigenvalue weighted by molar-refractivity contribution is 14.1. The lowest BCUT2D eigenvalue weighted by Gasteiger charge is -2.22. The van der Waals surface area contributed by atoms with E-state index in [2.05, 4.69) is 0 Å². The highest BCUT2D eigenvalue weighted by Gasteiger charge is 2.56. The van der Waals surface area contributed by atoms with E-state index in [1.54, 1.807) is 0 Å². The van der Waals surface area contributed by atoms with Crippen LogP contribution in [0.5, 0.6) is 0 Å². The minimum absolute atomic E-state index is 0.552. The molecule has 100 valence electrons. The maximum atomic E-state index is 12.5. The van der Waals surface area contributed by atoms with Crippen molar-refractivity contribution in [3.05, 3.63) is 12.2 Å². The maximum Gasteiger partial charge on any atom is 0.453 e. The first-order valence-corrected chi connectivity index (χ1v) is 6.06. The number of hydrogen-bond donors (Lipinski definition) is 0. The summed E-state index contributed by atoms with van der Waals surface area (Å²) in [4.78, 5) is 12.0. The van der Waals surface area contributed by atoms with Gasteiger partial charge in [0.1, 0.15) is 0 Å². The standard InChI is InChI=1S/C9H11F5INO/c1-16(7(17)3-2-5-15)6-4-8(10,11)9(12,13)14/h2-3H,4-6H2,1H3/b3-2+. The molecule has 0 atom stereocenters. The molecule has 0 aromatic heterocycles. The van der Waals surface area contributed by atoms with E-state index in [0.717, 1.165) is 11.0 Å². The molecule has 0 aromatic carbocycles. The molecule has 0 aromatic rings. The van der Waals surface area contributed by atoms with Gasteiger partial charge in [0, 0.05) is 24.4 Å². The number of carbonyl (C=O) groups excluding carboxylic acids is 1. The molecule has 17 heavy (non-hydrogen) atoms. The summed E-state index contributed by atoms with van der Waals surface area (Å²) in [7, 11) is 1.17. The third-order valence-electron chi connectivity index (χ3n) is 1.90. The second-order valence-electron chi connectivity index (χ2n) is 3.27. The summed E-state index contributed by atoms with van der Waals surface area (Å²) in [5.41, 5.74) is 0. The van der Waals surface area contributed by atoms with Gasteiger partial charge in [0.15, 0.2) is 0 Å². The summed E-state index contributed by atoms with van der Waals surface area (Å²) >= 11 is 1.96. The van der Waals surface area contributed by atoms with Crippen LogP contribution < -0.4 is 0 Å². The predicted octanol–water partition coefficient (Wildman–Crippen LogP) is 3.02. The van der Waals surface area contributed by atoms with E-state index in [-0.39, 0.29) is 0 Å². The molecule has 8 heteroatoms. The third kappa shape index (κ3) is 5.64. The van der Waals surface area contributed by atoms with Gasteiger partial charge in [-0.3, -0.25) is 4.79 Å². The number of rotatable bonds is 5. The molecule has 0 saturated heterocycles. The Morgan fingerprint density at radius 1 is 1.29 bits per heavy atom. The zero-order chi connectivity index (χ0) is 13.7. The molecule has 0 saturated carbocycles.